The van der Waals surface area contributed by atoms with Gasteiger partial charge >= 0.3 is 0 Å². The molecule has 1 aliphatic heterocycles. The van der Waals surface area contributed by atoms with Gasteiger partial charge in [0.25, 0.3) is 11.1 Å². The standard InChI is InChI=1S/C20H26N4O2/c25-19-6-1-2-9-23(19)13-12-22-10-7-16(8-11-22)15-24-20(26)14-17-4-3-5-18(17)21-24/h1-2,6,9,14,16H,3-5,7-8,10-13,15H2. The maximum absolute atomic E-state index is 12.3. The van der Waals surface area contributed by atoms with E-state index in [1.165, 1.54) is 0 Å². The summed E-state index contributed by atoms with van der Waals surface area (Å²) in [6, 6.07) is 7.07. The molecule has 3 heterocycles. The Morgan fingerprint density at radius 3 is 2.69 bits per heavy atom. The van der Waals surface area contributed by atoms with Crippen LogP contribution in [0.15, 0.2) is 40.1 Å². The number of fused-ring (bicyclic) bond motifs is 1. The second kappa shape index (κ2) is 7.58. The molecule has 0 bridgehead atoms. The SMILES string of the molecule is O=c1ccccn1CCN1CCC(Cn2nc3c(cc2=O)CCC3)CC1. The van der Waals surface area contributed by atoms with E-state index >= 15 is 0 Å². The van der Waals surface area contributed by atoms with Crippen LogP contribution in [0.25, 0.3) is 0 Å². The Morgan fingerprint density at radius 1 is 1.04 bits per heavy atom. The molecular formula is C20H26N4O2. The molecule has 1 aliphatic carbocycles. The van der Waals surface area contributed by atoms with Gasteiger partial charge in [0, 0.05) is 38.0 Å². The van der Waals surface area contributed by atoms with Crippen molar-refractivity contribution in [1.82, 2.24) is 19.2 Å². The average molecular weight is 354 g/mol. The summed E-state index contributed by atoms with van der Waals surface area (Å²) in [6.07, 6.45) is 7.13. The summed E-state index contributed by atoms with van der Waals surface area (Å²) in [5, 5.41) is 4.60. The maximum Gasteiger partial charge on any atom is 0.267 e. The van der Waals surface area contributed by atoms with Crippen LogP contribution in [-0.2, 0) is 25.9 Å². The van der Waals surface area contributed by atoms with Crippen LogP contribution in [0.1, 0.15) is 30.5 Å². The van der Waals surface area contributed by atoms with Crippen molar-refractivity contribution in [2.75, 3.05) is 19.6 Å². The zero-order valence-corrected chi connectivity index (χ0v) is 15.1. The van der Waals surface area contributed by atoms with Crippen molar-refractivity contribution >= 4 is 0 Å². The third-order valence-electron chi connectivity index (χ3n) is 5.72. The van der Waals surface area contributed by atoms with Gasteiger partial charge in [-0.25, -0.2) is 4.68 Å². The van der Waals surface area contributed by atoms with E-state index in [1.54, 1.807) is 27.4 Å². The van der Waals surface area contributed by atoms with Crippen LogP contribution < -0.4 is 11.1 Å². The van der Waals surface area contributed by atoms with Crippen LogP contribution in [0.3, 0.4) is 0 Å². The maximum atomic E-state index is 12.3. The van der Waals surface area contributed by atoms with Crippen molar-refractivity contribution in [3.8, 4) is 0 Å². The van der Waals surface area contributed by atoms with Crippen LogP contribution >= 0.6 is 0 Å². The monoisotopic (exact) mass is 354 g/mol. The molecule has 2 aromatic heterocycles. The Balaban J connectivity index is 1.30. The molecule has 0 N–H and O–H groups in total. The summed E-state index contributed by atoms with van der Waals surface area (Å²) >= 11 is 0. The Labute approximate surface area is 153 Å². The first kappa shape index (κ1) is 17.2. The summed E-state index contributed by atoms with van der Waals surface area (Å²) in [7, 11) is 0. The van der Waals surface area contributed by atoms with Gasteiger partial charge in [-0.1, -0.05) is 6.07 Å². The van der Waals surface area contributed by atoms with Crippen LogP contribution in [0.4, 0.5) is 0 Å². The fraction of sp³-hybridized carbons (Fsp3) is 0.550. The summed E-state index contributed by atoms with van der Waals surface area (Å²) < 4.78 is 3.45. The lowest BCUT2D eigenvalue weighted by Gasteiger charge is -2.32. The van der Waals surface area contributed by atoms with Crippen molar-refractivity contribution in [2.24, 2.45) is 5.92 Å². The Bertz CT molecular complexity index is 878. The molecule has 6 heteroatoms. The normalized spacial score (nSPS) is 18.2. The predicted octanol–water partition coefficient (Wildman–Crippen LogP) is 1.31. The molecule has 4 rings (SSSR count). The molecule has 0 spiro atoms. The minimum absolute atomic E-state index is 0.0523. The van der Waals surface area contributed by atoms with Gasteiger partial charge in [0.1, 0.15) is 0 Å². The van der Waals surface area contributed by atoms with E-state index < -0.39 is 0 Å². The molecule has 0 unspecified atom stereocenters. The lowest BCUT2D eigenvalue weighted by molar-refractivity contribution is 0.164. The fourth-order valence-electron chi connectivity index (χ4n) is 4.10. The zero-order chi connectivity index (χ0) is 17.9. The van der Waals surface area contributed by atoms with Crippen LogP contribution in [0.5, 0.6) is 0 Å². The Kier molecular flexibility index (Phi) is 5.02. The first-order valence-corrected chi connectivity index (χ1v) is 9.67. The quantitative estimate of drug-likeness (QED) is 0.812. The minimum atomic E-state index is 0.0523. The number of aryl methyl sites for hydroxylation is 2. The number of rotatable bonds is 5. The van der Waals surface area contributed by atoms with E-state index in [2.05, 4.69) is 10.00 Å². The Hall–Kier alpha value is -2.21. The predicted molar refractivity (Wildman–Crippen MR) is 100 cm³/mol. The van der Waals surface area contributed by atoms with E-state index in [0.29, 0.717) is 5.92 Å². The molecule has 0 saturated carbocycles. The number of aromatic nitrogens is 3. The topological polar surface area (TPSA) is 60.1 Å². The molecule has 1 saturated heterocycles. The number of hydrogen-bond donors (Lipinski definition) is 0. The molecule has 138 valence electrons. The molecule has 0 amide bonds. The largest absolute Gasteiger partial charge is 0.314 e. The molecular weight excluding hydrogens is 328 g/mol. The van der Waals surface area contributed by atoms with Gasteiger partial charge in [-0.3, -0.25) is 9.59 Å². The highest BCUT2D eigenvalue weighted by molar-refractivity contribution is 5.22. The molecule has 26 heavy (non-hydrogen) atoms. The summed E-state index contributed by atoms with van der Waals surface area (Å²) in [4.78, 5) is 26.4. The number of piperidine rings is 1. The van der Waals surface area contributed by atoms with E-state index in [-0.39, 0.29) is 11.1 Å². The minimum Gasteiger partial charge on any atom is -0.314 e. The van der Waals surface area contributed by atoms with Crippen molar-refractivity contribution in [1.29, 1.82) is 0 Å². The average Bonchev–Trinajstić information content (AvgIpc) is 3.09. The zero-order valence-electron chi connectivity index (χ0n) is 15.1. The second-order valence-corrected chi connectivity index (χ2v) is 7.51. The van der Waals surface area contributed by atoms with Gasteiger partial charge in [-0.2, -0.15) is 5.10 Å². The molecule has 0 radical (unpaired) electrons. The number of likely N-dealkylation sites (tertiary alicyclic amines) is 1. The van der Waals surface area contributed by atoms with Crippen LogP contribution in [0, 0.1) is 5.92 Å². The number of hydrogen-bond acceptors (Lipinski definition) is 4. The van der Waals surface area contributed by atoms with E-state index in [4.69, 9.17) is 0 Å². The van der Waals surface area contributed by atoms with Gasteiger partial charge < -0.3 is 9.47 Å². The van der Waals surface area contributed by atoms with Gasteiger partial charge in [-0.15, -0.1) is 0 Å². The molecule has 1 fully saturated rings. The van der Waals surface area contributed by atoms with E-state index in [1.807, 2.05) is 12.3 Å². The van der Waals surface area contributed by atoms with Gasteiger partial charge in [-0.05, 0) is 62.7 Å². The molecule has 2 aliphatic rings. The molecule has 2 aromatic rings. The Morgan fingerprint density at radius 2 is 1.88 bits per heavy atom. The highest BCUT2D eigenvalue weighted by Crippen LogP contribution is 2.20. The van der Waals surface area contributed by atoms with E-state index in [0.717, 1.165) is 76.1 Å². The van der Waals surface area contributed by atoms with E-state index in [9.17, 15) is 9.59 Å². The van der Waals surface area contributed by atoms with Crippen LogP contribution in [0.2, 0.25) is 0 Å². The van der Waals surface area contributed by atoms with Gasteiger partial charge in [0.2, 0.25) is 0 Å². The highest BCUT2D eigenvalue weighted by Gasteiger charge is 2.21. The number of nitrogens with zero attached hydrogens (tertiary/aromatic N) is 4. The molecule has 6 nitrogen and oxygen atoms in total. The summed E-state index contributed by atoms with van der Waals surface area (Å²) in [5.74, 6) is 0.510. The highest BCUT2D eigenvalue weighted by atomic mass is 16.1. The summed E-state index contributed by atoms with van der Waals surface area (Å²) in [5.41, 5.74) is 2.38. The van der Waals surface area contributed by atoms with Gasteiger partial charge in [0.05, 0.1) is 5.69 Å². The molecule has 0 atom stereocenters. The van der Waals surface area contributed by atoms with Crippen molar-refractivity contribution < 1.29 is 0 Å². The second-order valence-electron chi connectivity index (χ2n) is 7.51. The third kappa shape index (κ3) is 3.80. The van der Waals surface area contributed by atoms with Gasteiger partial charge in [0.15, 0.2) is 0 Å². The lowest BCUT2D eigenvalue weighted by Crippen LogP contribution is -2.39. The van der Waals surface area contributed by atoms with Crippen molar-refractivity contribution in [3.05, 3.63) is 62.4 Å². The lowest BCUT2D eigenvalue weighted by atomic mass is 9.97. The molecule has 0 aromatic carbocycles. The third-order valence-corrected chi connectivity index (χ3v) is 5.72. The smallest absolute Gasteiger partial charge is 0.267 e. The van der Waals surface area contributed by atoms with Crippen molar-refractivity contribution in [2.45, 2.75) is 45.2 Å². The summed E-state index contributed by atoms with van der Waals surface area (Å²) in [6.45, 7) is 4.40. The van der Waals surface area contributed by atoms with Crippen molar-refractivity contribution in [3.63, 3.8) is 0 Å². The first-order chi connectivity index (χ1) is 12.7. The van der Waals surface area contributed by atoms with Crippen LogP contribution in [-0.4, -0.2) is 38.9 Å². The fourth-order valence-corrected chi connectivity index (χ4v) is 4.10. The first-order valence-electron chi connectivity index (χ1n) is 9.67. The number of pyridine rings is 1.